The third kappa shape index (κ3) is 7.09. The SMILES string of the molecule is CCNC(=NCC(c1ccco1)N1CCCCC1)NCCc1ccccn1.I. The molecule has 0 spiro atoms. The van der Waals surface area contributed by atoms with Gasteiger partial charge in [-0.05, 0) is 57.1 Å². The molecule has 6 nitrogen and oxygen atoms in total. The minimum Gasteiger partial charge on any atom is -0.468 e. The maximum Gasteiger partial charge on any atom is 0.191 e. The third-order valence-corrected chi connectivity index (χ3v) is 4.87. The number of guanidine groups is 1. The highest BCUT2D eigenvalue weighted by Gasteiger charge is 2.24. The second-order valence-electron chi connectivity index (χ2n) is 6.85. The third-order valence-electron chi connectivity index (χ3n) is 4.87. The Morgan fingerprint density at radius 3 is 2.71 bits per heavy atom. The molecule has 1 unspecified atom stereocenters. The first-order valence-corrected chi connectivity index (χ1v) is 10.1. The fourth-order valence-corrected chi connectivity index (χ4v) is 3.47. The van der Waals surface area contributed by atoms with Crippen molar-refractivity contribution in [2.75, 3.05) is 32.7 Å². The van der Waals surface area contributed by atoms with E-state index in [-0.39, 0.29) is 30.0 Å². The standard InChI is InChI=1S/C21H31N5O.HI/c1-2-22-21(24-13-11-18-9-4-5-12-23-18)25-17-19(20-10-8-16-27-20)26-14-6-3-7-15-26;/h4-5,8-10,12,16,19H,2-3,6-7,11,13-15,17H2,1H3,(H2,22,24,25);1H. The molecule has 2 aromatic rings. The molecule has 0 radical (unpaired) electrons. The Bertz CT molecular complexity index is 671. The van der Waals surface area contributed by atoms with Crippen molar-refractivity contribution >= 4 is 29.9 Å². The molecule has 0 bridgehead atoms. The van der Waals surface area contributed by atoms with E-state index in [1.807, 2.05) is 24.4 Å². The molecule has 0 amide bonds. The number of nitrogens with one attached hydrogen (secondary N) is 2. The topological polar surface area (TPSA) is 65.7 Å². The minimum absolute atomic E-state index is 0. The second kappa shape index (κ2) is 12.8. The summed E-state index contributed by atoms with van der Waals surface area (Å²) in [6.07, 6.45) is 8.29. The highest BCUT2D eigenvalue weighted by molar-refractivity contribution is 14.0. The number of hydrogen-bond donors (Lipinski definition) is 2. The molecule has 1 aliphatic rings. The fraction of sp³-hybridized carbons (Fsp3) is 0.524. The van der Waals surface area contributed by atoms with Gasteiger partial charge in [0.2, 0.25) is 0 Å². The molecule has 1 aliphatic heterocycles. The lowest BCUT2D eigenvalue weighted by molar-refractivity contribution is 0.150. The van der Waals surface area contributed by atoms with Crippen LogP contribution in [0.2, 0.25) is 0 Å². The summed E-state index contributed by atoms with van der Waals surface area (Å²) in [6, 6.07) is 10.2. The van der Waals surface area contributed by atoms with Crippen LogP contribution in [0.15, 0.2) is 52.2 Å². The number of hydrogen-bond acceptors (Lipinski definition) is 4. The average Bonchev–Trinajstić information content (AvgIpc) is 3.24. The van der Waals surface area contributed by atoms with Crippen LogP contribution in [0.25, 0.3) is 0 Å². The Kier molecular flexibility index (Phi) is 10.3. The van der Waals surface area contributed by atoms with E-state index in [4.69, 9.17) is 9.41 Å². The number of halogens is 1. The van der Waals surface area contributed by atoms with Crippen molar-refractivity contribution < 1.29 is 4.42 Å². The van der Waals surface area contributed by atoms with Crippen molar-refractivity contribution in [3.63, 3.8) is 0 Å². The summed E-state index contributed by atoms with van der Waals surface area (Å²) in [5, 5.41) is 6.76. The summed E-state index contributed by atoms with van der Waals surface area (Å²) in [6.45, 7) is 6.65. The van der Waals surface area contributed by atoms with Gasteiger partial charge in [-0.1, -0.05) is 12.5 Å². The molecule has 7 heteroatoms. The van der Waals surface area contributed by atoms with Crippen molar-refractivity contribution in [3.8, 4) is 0 Å². The van der Waals surface area contributed by atoms with E-state index in [2.05, 4.69) is 39.6 Å². The van der Waals surface area contributed by atoms with E-state index in [0.29, 0.717) is 6.54 Å². The maximum atomic E-state index is 5.72. The van der Waals surface area contributed by atoms with Gasteiger partial charge >= 0.3 is 0 Å². The lowest BCUT2D eigenvalue weighted by Gasteiger charge is -2.32. The van der Waals surface area contributed by atoms with E-state index in [0.717, 1.165) is 50.0 Å². The van der Waals surface area contributed by atoms with Crippen LogP contribution >= 0.6 is 24.0 Å². The van der Waals surface area contributed by atoms with Gasteiger partial charge in [0.05, 0.1) is 18.8 Å². The first kappa shape index (κ1) is 22.7. The predicted octanol–water partition coefficient (Wildman–Crippen LogP) is 3.62. The zero-order chi connectivity index (χ0) is 18.7. The lowest BCUT2D eigenvalue weighted by Crippen LogP contribution is -2.40. The molecule has 154 valence electrons. The van der Waals surface area contributed by atoms with Crippen molar-refractivity contribution in [2.24, 2.45) is 4.99 Å². The summed E-state index contributed by atoms with van der Waals surface area (Å²) < 4.78 is 5.72. The molecule has 2 N–H and O–H groups in total. The van der Waals surface area contributed by atoms with E-state index in [9.17, 15) is 0 Å². The van der Waals surface area contributed by atoms with Crippen molar-refractivity contribution in [1.82, 2.24) is 20.5 Å². The van der Waals surface area contributed by atoms with Gasteiger partial charge < -0.3 is 15.1 Å². The zero-order valence-corrected chi connectivity index (χ0v) is 19.0. The largest absolute Gasteiger partial charge is 0.468 e. The molecule has 1 saturated heterocycles. The highest BCUT2D eigenvalue weighted by atomic mass is 127. The van der Waals surface area contributed by atoms with E-state index < -0.39 is 0 Å². The molecule has 3 rings (SSSR count). The quantitative estimate of drug-likeness (QED) is 0.332. The summed E-state index contributed by atoms with van der Waals surface area (Å²) in [7, 11) is 0. The Hall–Kier alpha value is -1.61. The Balaban J connectivity index is 0.00000280. The van der Waals surface area contributed by atoms with Crippen molar-refractivity contribution in [2.45, 2.75) is 38.6 Å². The number of furan rings is 1. The first-order valence-electron chi connectivity index (χ1n) is 10.1. The number of rotatable bonds is 8. The molecule has 1 atom stereocenters. The van der Waals surface area contributed by atoms with Crippen molar-refractivity contribution in [1.29, 1.82) is 0 Å². The number of aliphatic imine (C=N–C) groups is 1. The second-order valence-corrected chi connectivity index (χ2v) is 6.85. The van der Waals surface area contributed by atoms with E-state index >= 15 is 0 Å². The first-order chi connectivity index (χ1) is 13.4. The van der Waals surface area contributed by atoms with Gasteiger partial charge in [-0.3, -0.25) is 14.9 Å². The lowest BCUT2D eigenvalue weighted by atomic mass is 10.1. The zero-order valence-electron chi connectivity index (χ0n) is 16.6. The summed E-state index contributed by atoms with van der Waals surface area (Å²) >= 11 is 0. The van der Waals surface area contributed by atoms with Gasteiger partial charge in [-0.25, -0.2) is 0 Å². The molecule has 28 heavy (non-hydrogen) atoms. The van der Waals surface area contributed by atoms with Crippen LogP contribution in [0, 0.1) is 0 Å². The monoisotopic (exact) mass is 497 g/mol. The number of nitrogens with zero attached hydrogens (tertiary/aromatic N) is 3. The molecular weight excluding hydrogens is 465 g/mol. The van der Waals surface area contributed by atoms with Gasteiger partial charge in [-0.2, -0.15) is 0 Å². The van der Waals surface area contributed by atoms with Crippen LogP contribution in [0.5, 0.6) is 0 Å². The molecule has 0 saturated carbocycles. The van der Waals surface area contributed by atoms with Crippen LogP contribution in [0.4, 0.5) is 0 Å². The average molecular weight is 497 g/mol. The van der Waals surface area contributed by atoms with Gasteiger partial charge in [0.25, 0.3) is 0 Å². The van der Waals surface area contributed by atoms with E-state index in [1.165, 1.54) is 19.3 Å². The molecular formula is C21H32IN5O. The van der Waals surface area contributed by atoms with Gasteiger partial charge in [0.15, 0.2) is 5.96 Å². The smallest absolute Gasteiger partial charge is 0.191 e. The van der Waals surface area contributed by atoms with Gasteiger partial charge in [0, 0.05) is 31.4 Å². The maximum absolute atomic E-state index is 5.72. The number of aromatic nitrogens is 1. The van der Waals surface area contributed by atoms with E-state index in [1.54, 1.807) is 6.26 Å². The minimum atomic E-state index is 0. The van der Waals surface area contributed by atoms with Crippen LogP contribution in [0.1, 0.15) is 43.7 Å². The van der Waals surface area contributed by atoms with Crippen LogP contribution in [-0.4, -0.2) is 48.6 Å². The molecule has 0 aliphatic carbocycles. The molecule has 2 aromatic heterocycles. The van der Waals surface area contributed by atoms with Gasteiger partial charge in [0.1, 0.15) is 5.76 Å². The van der Waals surface area contributed by atoms with Crippen molar-refractivity contribution in [3.05, 3.63) is 54.2 Å². The van der Waals surface area contributed by atoms with Crippen LogP contribution < -0.4 is 10.6 Å². The summed E-state index contributed by atoms with van der Waals surface area (Å²) in [4.78, 5) is 11.7. The number of pyridine rings is 1. The van der Waals surface area contributed by atoms with Crippen LogP contribution in [-0.2, 0) is 6.42 Å². The van der Waals surface area contributed by atoms with Gasteiger partial charge in [-0.15, -0.1) is 24.0 Å². The Morgan fingerprint density at radius 2 is 2.04 bits per heavy atom. The molecule has 1 fully saturated rings. The molecule has 3 heterocycles. The predicted molar refractivity (Wildman–Crippen MR) is 124 cm³/mol. The Morgan fingerprint density at radius 1 is 1.18 bits per heavy atom. The summed E-state index contributed by atoms with van der Waals surface area (Å²) in [5.74, 6) is 1.85. The fourth-order valence-electron chi connectivity index (χ4n) is 3.47. The number of piperidine rings is 1. The highest BCUT2D eigenvalue weighted by Crippen LogP contribution is 2.25. The Labute approximate surface area is 185 Å². The summed E-state index contributed by atoms with van der Waals surface area (Å²) in [5.41, 5.74) is 1.09. The van der Waals surface area contributed by atoms with Crippen LogP contribution in [0.3, 0.4) is 0 Å². The number of likely N-dealkylation sites (tertiary alicyclic amines) is 1. The normalized spacial score (nSPS) is 16.2. The molecule has 0 aromatic carbocycles.